The highest BCUT2D eigenvalue weighted by Crippen LogP contribution is 2.24. The summed E-state index contributed by atoms with van der Waals surface area (Å²) in [5, 5.41) is 4.77. The van der Waals surface area contributed by atoms with Crippen LogP contribution >= 0.6 is 11.6 Å². The van der Waals surface area contributed by atoms with Crippen molar-refractivity contribution in [2.75, 3.05) is 19.8 Å². The Labute approximate surface area is 122 Å². The molecule has 1 aliphatic rings. The highest BCUT2D eigenvalue weighted by atomic mass is 35.5. The number of aryl methyl sites for hydroxylation is 1. The van der Waals surface area contributed by atoms with Gasteiger partial charge in [-0.2, -0.15) is 4.98 Å². The molecular formula is C14H16ClN3O2. The van der Waals surface area contributed by atoms with E-state index in [1.807, 2.05) is 24.3 Å². The van der Waals surface area contributed by atoms with Crippen molar-refractivity contribution >= 4 is 11.6 Å². The second-order valence-electron chi connectivity index (χ2n) is 4.86. The van der Waals surface area contributed by atoms with Gasteiger partial charge in [0.1, 0.15) is 0 Å². The molecule has 5 nitrogen and oxygen atoms in total. The van der Waals surface area contributed by atoms with Crippen LogP contribution in [-0.4, -0.2) is 34.8 Å². The zero-order valence-corrected chi connectivity index (χ0v) is 12.0. The number of halogens is 1. The standard InChI is InChI=1S/C14H16ClN3O2/c1-10-16-14(17-20-10)13-9-19-7-6-18(13)8-11-2-4-12(15)5-3-11/h2-5,13H,6-9H2,1H3/t13-/m0/s1. The summed E-state index contributed by atoms with van der Waals surface area (Å²) in [6.45, 7) is 4.77. The molecule has 0 amide bonds. The second kappa shape index (κ2) is 5.91. The third-order valence-electron chi connectivity index (χ3n) is 3.38. The van der Waals surface area contributed by atoms with Gasteiger partial charge in [-0.15, -0.1) is 0 Å². The number of hydrogen-bond donors (Lipinski definition) is 0. The van der Waals surface area contributed by atoms with Crippen LogP contribution in [0.4, 0.5) is 0 Å². The fourth-order valence-corrected chi connectivity index (χ4v) is 2.47. The Kier molecular flexibility index (Phi) is 4.00. The van der Waals surface area contributed by atoms with Crippen molar-refractivity contribution in [2.45, 2.75) is 19.5 Å². The Balaban J connectivity index is 1.77. The van der Waals surface area contributed by atoms with E-state index in [4.69, 9.17) is 20.9 Å². The lowest BCUT2D eigenvalue weighted by Gasteiger charge is -2.33. The SMILES string of the molecule is Cc1nc([C@@H]2COCCN2Cc2ccc(Cl)cc2)no1. The third-order valence-corrected chi connectivity index (χ3v) is 3.63. The molecule has 1 aliphatic heterocycles. The van der Waals surface area contributed by atoms with Crippen LogP contribution in [0.15, 0.2) is 28.8 Å². The van der Waals surface area contributed by atoms with Gasteiger partial charge in [-0.3, -0.25) is 4.90 Å². The Hall–Kier alpha value is -1.43. The first-order valence-electron chi connectivity index (χ1n) is 6.59. The fraction of sp³-hybridized carbons (Fsp3) is 0.429. The quantitative estimate of drug-likeness (QED) is 0.870. The van der Waals surface area contributed by atoms with Crippen LogP contribution in [0.1, 0.15) is 23.3 Å². The molecule has 0 radical (unpaired) electrons. The van der Waals surface area contributed by atoms with Gasteiger partial charge in [0.15, 0.2) is 5.82 Å². The molecule has 2 aromatic rings. The Bertz CT molecular complexity index is 570. The zero-order chi connectivity index (χ0) is 13.9. The van der Waals surface area contributed by atoms with E-state index in [1.165, 1.54) is 5.56 Å². The van der Waals surface area contributed by atoms with E-state index in [2.05, 4.69) is 15.0 Å². The van der Waals surface area contributed by atoms with Crippen LogP contribution in [0.2, 0.25) is 5.02 Å². The zero-order valence-electron chi connectivity index (χ0n) is 11.3. The minimum atomic E-state index is 0.0388. The molecule has 3 rings (SSSR count). The van der Waals surface area contributed by atoms with Gasteiger partial charge in [-0.05, 0) is 17.7 Å². The molecule has 1 saturated heterocycles. The summed E-state index contributed by atoms with van der Waals surface area (Å²) in [7, 11) is 0. The molecule has 1 aromatic carbocycles. The lowest BCUT2D eigenvalue weighted by molar-refractivity contribution is -0.0166. The molecule has 1 aromatic heterocycles. The molecule has 0 bridgehead atoms. The number of hydrogen-bond acceptors (Lipinski definition) is 5. The summed E-state index contributed by atoms with van der Waals surface area (Å²) in [6.07, 6.45) is 0. The molecule has 0 saturated carbocycles. The van der Waals surface area contributed by atoms with Crippen LogP contribution in [0.5, 0.6) is 0 Å². The van der Waals surface area contributed by atoms with Crippen molar-refractivity contribution in [2.24, 2.45) is 0 Å². The predicted molar refractivity (Wildman–Crippen MR) is 74.5 cm³/mol. The maximum absolute atomic E-state index is 5.92. The molecule has 1 atom stereocenters. The van der Waals surface area contributed by atoms with Crippen LogP contribution in [0.3, 0.4) is 0 Å². The molecule has 0 unspecified atom stereocenters. The summed E-state index contributed by atoms with van der Waals surface area (Å²) in [5.41, 5.74) is 1.21. The molecule has 0 spiro atoms. The van der Waals surface area contributed by atoms with Crippen molar-refractivity contribution in [1.29, 1.82) is 0 Å². The minimum Gasteiger partial charge on any atom is -0.378 e. The number of morpholine rings is 1. The smallest absolute Gasteiger partial charge is 0.223 e. The third kappa shape index (κ3) is 3.00. The Morgan fingerprint density at radius 1 is 1.35 bits per heavy atom. The van der Waals surface area contributed by atoms with Crippen LogP contribution < -0.4 is 0 Å². The maximum Gasteiger partial charge on any atom is 0.223 e. The molecule has 6 heteroatoms. The topological polar surface area (TPSA) is 51.4 Å². The maximum atomic E-state index is 5.92. The largest absolute Gasteiger partial charge is 0.378 e. The van der Waals surface area contributed by atoms with Gasteiger partial charge in [0, 0.05) is 25.0 Å². The van der Waals surface area contributed by atoms with Crippen LogP contribution in [-0.2, 0) is 11.3 Å². The van der Waals surface area contributed by atoms with E-state index in [0.29, 0.717) is 18.3 Å². The van der Waals surface area contributed by atoms with Gasteiger partial charge in [-0.25, -0.2) is 0 Å². The van der Waals surface area contributed by atoms with Crippen molar-refractivity contribution in [3.05, 3.63) is 46.6 Å². The van der Waals surface area contributed by atoms with Gasteiger partial charge in [0.2, 0.25) is 5.89 Å². The number of ether oxygens (including phenoxy) is 1. The first-order chi connectivity index (χ1) is 9.72. The number of rotatable bonds is 3. The highest BCUT2D eigenvalue weighted by molar-refractivity contribution is 6.30. The normalized spacial score (nSPS) is 20.2. The number of nitrogens with zero attached hydrogens (tertiary/aromatic N) is 3. The average Bonchev–Trinajstić information content (AvgIpc) is 2.88. The molecule has 106 valence electrons. The molecule has 20 heavy (non-hydrogen) atoms. The van der Waals surface area contributed by atoms with E-state index in [9.17, 15) is 0 Å². The molecule has 0 N–H and O–H groups in total. The van der Waals surface area contributed by atoms with E-state index >= 15 is 0 Å². The van der Waals surface area contributed by atoms with Crippen LogP contribution in [0, 0.1) is 6.92 Å². The van der Waals surface area contributed by atoms with Crippen molar-refractivity contribution in [3.8, 4) is 0 Å². The average molecular weight is 294 g/mol. The van der Waals surface area contributed by atoms with E-state index < -0.39 is 0 Å². The van der Waals surface area contributed by atoms with E-state index in [0.717, 1.165) is 24.7 Å². The van der Waals surface area contributed by atoms with Crippen molar-refractivity contribution in [1.82, 2.24) is 15.0 Å². The molecule has 0 aliphatic carbocycles. The lowest BCUT2D eigenvalue weighted by Crippen LogP contribution is -2.39. The van der Waals surface area contributed by atoms with Gasteiger partial charge in [-0.1, -0.05) is 28.9 Å². The first-order valence-corrected chi connectivity index (χ1v) is 6.96. The monoisotopic (exact) mass is 293 g/mol. The first kappa shape index (κ1) is 13.5. The van der Waals surface area contributed by atoms with Crippen molar-refractivity contribution < 1.29 is 9.26 Å². The lowest BCUT2D eigenvalue weighted by atomic mass is 10.1. The Morgan fingerprint density at radius 3 is 2.85 bits per heavy atom. The summed E-state index contributed by atoms with van der Waals surface area (Å²) in [5.74, 6) is 1.27. The van der Waals surface area contributed by atoms with Crippen LogP contribution in [0.25, 0.3) is 0 Å². The summed E-state index contributed by atoms with van der Waals surface area (Å²) >= 11 is 5.92. The molecular weight excluding hydrogens is 278 g/mol. The van der Waals surface area contributed by atoms with Crippen molar-refractivity contribution in [3.63, 3.8) is 0 Å². The minimum absolute atomic E-state index is 0.0388. The van der Waals surface area contributed by atoms with Gasteiger partial charge in [0.05, 0.1) is 19.3 Å². The molecule has 1 fully saturated rings. The van der Waals surface area contributed by atoms with E-state index in [1.54, 1.807) is 6.92 Å². The predicted octanol–water partition coefficient (Wildman–Crippen LogP) is 2.60. The summed E-state index contributed by atoms with van der Waals surface area (Å²) in [4.78, 5) is 6.62. The summed E-state index contributed by atoms with van der Waals surface area (Å²) in [6, 6.07) is 7.93. The number of aromatic nitrogens is 2. The summed E-state index contributed by atoms with van der Waals surface area (Å²) < 4.78 is 10.6. The van der Waals surface area contributed by atoms with E-state index in [-0.39, 0.29) is 6.04 Å². The molecule has 2 heterocycles. The second-order valence-corrected chi connectivity index (χ2v) is 5.30. The van der Waals surface area contributed by atoms with Gasteiger partial charge < -0.3 is 9.26 Å². The van der Waals surface area contributed by atoms with Gasteiger partial charge in [0.25, 0.3) is 0 Å². The highest BCUT2D eigenvalue weighted by Gasteiger charge is 2.28. The number of benzene rings is 1. The Morgan fingerprint density at radius 2 is 2.15 bits per heavy atom. The fourth-order valence-electron chi connectivity index (χ4n) is 2.34. The van der Waals surface area contributed by atoms with Gasteiger partial charge >= 0.3 is 0 Å².